The van der Waals surface area contributed by atoms with Gasteiger partial charge in [-0.3, -0.25) is 0 Å². The fourth-order valence-electron chi connectivity index (χ4n) is 3.69. The summed E-state index contributed by atoms with van der Waals surface area (Å²) in [7, 11) is 0. The maximum atomic E-state index is 10.7. The van der Waals surface area contributed by atoms with E-state index in [0.717, 1.165) is 30.8 Å². The van der Waals surface area contributed by atoms with Crippen LogP contribution < -0.4 is 5.32 Å². The van der Waals surface area contributed by atoms with Crippen molar-refractivity contribution in [3.05, 3.63) is 34.7 Å². The monoisotopic (exact) mass is 261 g/mol. The summed E-state index contributed by atoms with van der Waals surface area (Å²) in [6, 6.07) is 7.84. The third-order valence-corrected chi connectivity index (χ3v) is 4.72. The number of nitrogens with zero attached hydrogens (tertiary/aromatic N) is 1. The highest BCUT2D eigenvalue weighted by Gasteiger charge is 2.38. The lowest BCUT2D eigenvalue weighted by Gasteiger charge is -2.22. The summed E-state index contributed by atoms with van der Waals surface area (Å²) < 4.78 is 0. The zero-order valence-corrected chi connectivity index (χ0v) is 11.1. The van der Waals surface area contributed by atoms with Gasteiger partial charge in [0, 0.05) is 18.2 Å². The SMILES string of the molecule is O=[N+](O)c1ccc(CCNC2CC3CCC2C3)cc1. The summed E-state index contributed by atoms with van der Waals surface area (Å²) >= 11 is 0. The topological polar surface area (TPSA) is 52.3 Å². The summed E-state index contributed by atoms with van der Waals surface area (Å²) in [5.74, 6) is 1.89. The Morgan fingerprint density at radius 1 is 1.21 bits per heavy atom. The van der Waals surface area contributed by atoms with Crippen molar-refractivity contribution in [3.8, 4) is 0 Å². The number of hydrogen-bond acceptors (Lipinski definition) is 2. The Labute approximate surface area is 113 Å². The lowest BCUT2D eigenvalue weighted by atomic mass is 9.95. The molecule has 0 amide bonds. The normalized spacial score (nSPS) is 28.7. The average Bonchev–Trinajstić information content (AvgIpc) is 3.02. The van der Waals surface area contributed by atoms with Crippen LogP contribution in [0, 0.1) is 16.7 Å². The van der Waals surface area contributed by atoms with E-state index in [1.165, 1.54) is 31.2 Å². The molecule has 0 spiro atoms. The molecule has 0 aliphatic heterocycles. The smallest absolute Gasteiger partial charge is 0.313 e. The largest absolute Gasteiger partial charge is 0.316 e. The zero-order chi connectivity index (χ0) is 13.2. The number of hydrogen-bond donors (Lipinski definition) is 2. The average molecular weight is 261 g/mol. The van der Waals surface area contributed by atoms with E-state index in [1.54, 1.807) is 12.1 Å². The molecule has 19 heavy (non-hydrogen) atoms. The van der Waals surface area contributed by atoms with Crippen molar-refractivity contribution in [3.63, 3.8) is 0 Å². The first kappa shape index (κ1) is 12.6. The molecule has 2 aliphatic rings. The molecule has 102 valence electrons. The number of fused-ring (bicyclic) bond motifs is 2. The van der Waals surface area contributed by atoms with E-state index in [4.69, 9.17) is 5.21 Å². The minimum absolute atomic E-state index is 0.0999. The second kappa shape index (κ2) is 5.29. The first-order valence-electron chi connectivity index (χ1n) is 7.21. The van der Waals surface area contributed by atoms with E-state index in [-0.39, 0.29) is 10.6 Å². The summed E-state index contributed by atoms with van der Waals surface area (Å²) in [6.07, 6.45) is 6.62. The molecule has 3 rings (SSSR count). The van der Waals surface area contributed by atoms with Crippen LogP contribution in [0.15, 0.2) is 24.3 Å². The maximum Gasteiger partial charge on any atom is 0.316 e. The van der Waals surface area contributed by atoms with E-state index >= 15 is 0 Å². The van der Waals surface area contributed by atoms with Crippen LogP contribution in [0.1, 0.15) is 31.2 Å². The van der Waals surface area contributed by atoms with Gasteiger partial charge in [0.05, 0.1) is 4.91 Å². The molecule has 2 N–H and O–H groups in total. The van der Waals surface area contributed by atoms with Gasteiger partial charge in [-0.05, 0) is 49.6 Å². The van der Waals surface area contributed by atoms with Crippen molar-refractivity contribution in [2.75, 3.05) is 6.54 Å². The Morgan fingerprint density at radius 2 is 2.00 bits per heavy atom. The second-order valence-electron chi connectivity index (χ2n) is 5.92. The predicted octanol–water partition coefficient (Wildman–Crippen LogP) is 2.81. The fraction of sp³-hybridized carbons (Fsp3) is 0.600. The molecular weight excluding hydrogens is 240 g/mol. The van der Waals surface area contributed by atoms with Gasteiger partial charge in [0.15, 0.2) is 0 Å². The minimum atomic E-state index is -0.0999. The Morgan fingerprint density at radius 3 is 2.58 bits per heavy atom. The first-order valence-corrected chi connectivity index (χ1v) is 7.21. The van der Waals surface area contributed by atoms with Crippen LogP contribution in [-0.4, -0.2) is 22.7 Å². The van der Waals surface area contributed by atoms with Crippen molar-refractivity contribution in [2.45, 2.75) is 38.1 Å². The van der Waals surface area contributed by atoms with Gasteiger partial charge >= 0.3 is 5.69 Å². The molecule has 3 unspecified atom stereocenters. The molecule has 2 bridgehead atoms. The van der Waals surface area contributed by atoms with Crippen LogP contribution in [0.2, 0.25) is 0 Å². The summed E-state index contributed by atoms with van der Waals surface area (Å²) in [5.41, 5.74) is 1.48. The van der Waals surface area contributed by atoms with Gasteiger partial charge in [0.25, 0.3) is 4.92 Å². The van der Waals surface area contributed by atoms with Crippen LogP contribution in [0.5, 0.6) is 0 Å². The predicted molar refractivity (Wildman–Crippen MR) is 72.5 cm³/mol. The molecule has 2 aliphatic carbocycles. The van der Waals surface area contributed by atoms with Gasteiger partial charge < -0.3 is 5.32 Å². The molecule has 3 atom stereocenters. The molecule has 0 heterocycles. The molecule has 4 heteroatoms. The Balaban J connectivity index is 1.46. The second-order valence-corrected chi connectivity index (χ2v) is 5.92. The van der Waals surface area contributed by atoms with E-state index in [0.29, 0.717) is 0 Å². The van der Waals surface area contributed by atoms with Crippen molar-refractivity contribution in [1.29, 1.82) is 0 Å². The van der Waals surface area contributed by atoms with E-state index in [9.17, 15) is 4.91 Å². The van der Waals surface area contributed by atoms with Gasteiger partial charge in [-0.2, -0.15) is 0 Å². The molecule has 2 saturated carbocycles. The van der Waals surface area contributed by atoms with Crippen LogP contribution in [0.3, 0.4) is 0 Å². The Bertz CT molecular complexity index is 458. The van der Waals surface area contributed by atoms with Gasteiger partial charge in [0.1, 0.15) is 0 Å². The van der Waals surface area contributed by atoms with E-state index < -0.39 is 0 Å². The molecular formula is C15H21N2O2+. The summed E-state index contributed by atoms with van der Waals surface area (Å²) in [4.78, 5) is 10.6. The van der Waals surface area contributed by atoms with Crippen molar-refractivity contribution >= 4 is 5.69 Å². The molecule has 1 aromatic carbocycles. The molecule has 0 radical (unpaired) electrons. The van der Waals surface area contributed by atoms with Crippen LogP contribution in [-0.2, 0) is 6.42 Å². The molecule has 0 saturated heterocycles. The van der Waals surface area contributed by atoms with Crippen LogP contribution in [0.25, 0.3) is 0 Å². The van der Waals surface area contributed by atoms with E-state index in [2.05, 4.69) is 5.32 Å². The highest BCUT2D eigenvalue weighted by atomic mass is 16.6. The van der Waals surface area contributed by atoms with Crippen LogP contribution in [0.4, 0.5) is 5.69 Å². The highest BCUT2D eigenvalue weighted by Crippen LogP contribution is 2.44. The number of nitrogens with one attached hydrogen (secondary N) is 1. The Hall–Kier alpha value is -1.42. The summed E-state index contributed by atoms with van der Waals surface area (Å²) in [6.45, 7) is 0.993. The Kier molecular flexibility index (Phi) is 3.51. The third-order valence-electron chi connectivity index (χ3n) is 4.72. The minimum Gasteiger partial charge on any atom is -0.313 e. The van der Waals surface area contributed by atoms with Crippen molar-refractivity contribution in [1.82, 2.24) is 5.32 Å². The van der Waals surface area contributed by atoms with Gasteiger partial charge in [-0.15, -0.1) is 0 Å². The molecule has 0 aromatic heterocycles. The van der Waals surface area contributed by atoms with E-state index in [1.807, 2.05) is 12.1 Å². The first-order chi connectivity index (χ1) is 9.22. The van der Waals surface area contributed by atoms with Gasteiger partial charge in [-0.25, -0.2) is 5.21 Å². The summed E-state index contributed by atoms with van der Waals surface area (Å²) in [5, 5.41) is 12.4. The standard InChI is InChI=1S/C15H21N2O2/c18-17(19)14-5-2-11(3-6-14)7-8-16-15-10-12-1-4-13(15)9-12/h2-3,5-6,12-13,15-16H,1,4,7-10H2,(H,18,19)/q+1. The van der Waals surface area contributed by atoms with Crippen molar-refractivity contribution in [2.24, 2.45) is 11.8 Å². The highest BCUT2D eigenvalue weighted by molar-refractivity contribution is 5.32. The fourth-order valence-corrected chi connectivity index (χ4v) is 3.69. The quantitative estimate of drug-likeness (QED) is 0.801. The van der Waals surface area contributed by atoms with Crippen LogP contribution >= 0.6 is 0 Å². The number of benzene rings is 1. The zero-order valence-electron chi connectivity index (χ0n) is 11.1. The lowest BCUT2D eigenvalue weighted by Crippen LogP contribution is -2.35. The molecule has 4 nitrogen and oxygen atoms in total. The van der Waals surface area contributed by atoms with Crippen molar-refractivity contribution < 1.29 is 10.1 Å². The maximum absolute atomic E-state index is 10.7. The molecule has 2 fully saturated rings. The third kappa shape index (κ3) is 2.78. The van der Waals surface area contributed by atoms with Gasteiger partial charge in [-0.1, -0.05) is 18.6 Å². The lowest BCUT2D eigenvalue weighted by molar-refractivity contribution is -0.729. The number of rotatable bonds is 5. The molecule has 1 aromatic rings. The van der Waals surface area contributed by atoms with Gasteiger partial charge in [0.2, 0.25) is 0 Å².